The molecule has 2 atom stereocenters. The molecule has 0 aromatic carbocycles. The van der Waals surface area contributed by atoms with E-state index in [2.05, 4.69) is 10.2 Å². The van der Waals surface area contributed by atoms with E-state index in [-0.39, 0.29) is 0 Å². The molecule has 0 aromatic rings. The Morgan fingerprint density at radius 1 is 1.27 bits per heavy atom. The van der Waals surface area contributed by atoms with Crippen LogP contribution in [0.3, 0.4) is 0 Å². The van der Waals surface area contributed by atoms with Gasteiger partial charge in [-0.25, -0.2) is 4.79 Å². The van der Waals surface area contributed by atoms with Gasteiger partial charge in [-0.05, 0) is 46.2 Å². The molecule has 2 unspecified atom stereocenters. The predicted molar refractivity (Wildman–Crippen MR) is 98.1 cm³/mol. The number of carboxylic acids is 1. The molecule has 1 aliphatic rings. The first-order valence-electron chi connectivity index (χ1n) is 8.98. The fourth-order valence-corrected chi connectivity index (χ4v) is 3.18. The average molecular weight is 371 g/mol. The average Bonchev–Trinajstić information content (AvgIpc) is 2.51. The summed E-state index contributed by atoms with van der Waals surface area (Å²) in [7, 11) is 1.64. The lowest BCUT2D eigenvalue weighted by Crippen LogP contribution is -2.57. The lowest BCUT2D eigenvalue weighted by molar-refractivity contribution is -0.142. The first kappa shape index (κ1) is 22.4. The van der Waals surface area contributed by atoms with Crippen LogP contribution in [0.2, 0.25) is 0 Å². The van der Waals surface area contributed by atoms with E-state index in [0.717, 1.165) is 6.29 Å². The van der Waals surface area contributed by atoms with Gasteiger partial charge in [0.2, 0.25) is 0 Å². The molecule has 1 heterocycles. The van der Waals surface area contributed by atoms with E-state index in [9.17, 15) is 19.5 Å². The molecule has 0 saturated carbocycles. The van der Waals surface area contributed by atoms with Crippen LogP contribution in [0, 0.1) is 5.41 Å². The Labute approximate surface area is 155 Å². The van der Waals surface area contributed by atoms with E-state index in [1.165, 1.54) is 4.90 Å². The van der Waals surface area contributed by atoms with Gasteiger partial charge in [0, 0.05) is 19.6 Å². The van der Waals surface area contributed by atoms with Gasteiger partial charge in [0.1, 0.15) is 24.0 Å². The number of carbonyl (C=O) groups is 3. The second-order valence-electron chi connectivity index (χ2n) is 8.48. The van der Waals surface area contributed by atoms with Gasteiger partial charge >= 0.3 is 12.1 Å². The van der Waals surface area contributed by atoms with Crippen molar-refractivity contribution in [1.82, 2.24) is 15.1 Å². The molecule has 8 heteroatoms. The molecule has 1 saturated heterocycles. The van der Waals surface area contributed by atoms with Crippen molar-refractivity contribution in [2.45, 2.75) is 58.7 Å². The number of nitrogens with zero attached hydrogens (tertiary/aromatic N) is 2. The molecule has 1 rings (SSSR count). The molecule has 0 spiro atoms. The van der Waals surface area contributed by atoms with E-state index in [0.29, 0.717) is 32.6 Å². The molecule has 0 aromatic heterocycles. The molecule has 0 bridgehead atoms. The zero-order chi connectivity index (χ0) is 20.1. The van der Waals surface area contributed by atoms with Gasteiger partial charge in [-0.1, -0.05) is 13.8 Å². The SMILES string of the molecule is CNC(C(=O)O)C(C)(C)CCN1CCN(C(=O)OC(C)(C)C)C(C=O)C1. The van der Waals surface area contributed by atoms with Gasteiger partial charge < -0.3 is 20.0 Å². The summed E-state index contributed by atoms with van der Waals surface area (Å²) in [5.74, 6) is -0.877. The minimum Gasteiger partial charge on any atom is -0.480 e. The van der Waals surface area contributed by atoms with Crippen LogP contribution in [0.1, 0.15) is 41.0 Å². The van der Waals surface area contributed by atoms with Gasteiger partial charge in [-0.2, -0.15) is 0 Å². The first-order valence-corrected chi connectivity index (χ1v) is 8.98. The smallest absolute Gasteiger partial charge is 0.410 e. The summed E-state index contributed by atoms with van der Waals surface area (Å²) in [6.07, 6.45) is 0.952. The highest BCUT2D eigenvalue weighted by molar-refractivity contribution is 5.75. The Morgan fingerprint density at radius 3 is 2.35 bits per heavy atom. The van der Waals surface area contributed by atoms with Crippen LogP contribution < -0.4 is 5.32 Å². The van der Waals surface area contributed by atoms with Crippen molar-refractivity contribution in [2.75, 3.05) is 33.2 Å². The Hall–Kier alpha value is -1.67. The Balaban J connectivity index is 2.65. The maximum Gasteiger partial charge on any atom is 0.410 e. The molecule has 26 heavy (non-hydrogen) atoms. The number of aliphatic carboxylic acids is 1. The second kappa shape index (κ2) is 8.81. The monoisotopic (exact) mass is 371 g/mol. The molecule has 0 aliphatic carbocycles. The first-order chi connectivity index (χ1) is 11.9. The minimum absolute atomic E-state index is 0.410. The van der Waals surface area contributed by atoms with Crippen molar-refractivity contribution >= 4 is 18.3 Å². The van der Waals surface area contributed by atoms with E-state index in [1.54, 1.807) is 27.8 Å². The molecule has 1 amide bonds. The Bertz CT molecular complexity index is 515. The van der Waals surface area contributed by atoms with Crippen molar-refractivity contribution in [1.29, 1.82) is 0 Å². The lowest BCUT2D eigenvalue weighted by Gasteiger charge is -2.41. The highest BCUT2D eigenvalue weighted by Crippen LogP contribution is 2.26. The van der Waals surface area contributed by atoms with Crippen molar-refractivity contribution in [2.24, 2.45) is 5.41 Å². The topological polar surface area (TPSA) is 99.2 Å². The van der Waals surface area contributed by atoms with Crippen LogP contribution in [0.5, 0.6) is 0 Å². The fourth-order valence-electron chi connectivity index (χ4n) is 3.18. The number of likely N-dealkylation sites (N-methyl/N-ethyl adjacent to an activating group) is 1. The van der Waals surface area contributed by atoms with E-state index in [1.807, 2.05) is 13.8 Å². The number of aldehydes is 1. The summed E-state index contributed by atoms with van der Waals surface area (Å²) < 4.78 is 5.37. The highest BCUT2D eigenvalue weighted by Gasteiger charge is 2.36. The standard InChI is InChI=1S/C18H33N3O5/c1-17(2,3)26-16(25)21-10-9-20(11-13(21)12-22)8-7-18(4,5)14(19-6)15(23)24/h12-14,19H,7-11H2,1-6H3,(H,23,24). The molecule has 8 nitrogen and oxygen atoms in total. The molecular formula is C18H33N3O5. The zero-order valence-corrected chi connectivity index (χ0v) is 16.7. The van der Waals surface area contributed by atoms with E-state index >= 15 is 0 Å². The van der Waals surface area contributed by atoms with Gasteiger partial charge in [0.25, 0.3) is 0 Å². The molecule has 1 fully saturated rings. The number of rotatable bonds is 7. The number of nitrogens with one attached hydrogen (secondary N) is 1. The summed E-state index contributed by atoms with van der Waals surface area (Å²) in [6, 6.07) is -1.20. The summed E-state index contributed by atoms with van der Waals surface area (Å²) >= 11 is 0. The zero-order valence-electron chi connectivity index (χ0n) is 16.7. The van der Waals surface area contributed by atoms with Crippen LogP contribution in [0.25, 0.3) is 0 Å². The quantitative estimate of drug-likeness (QED) is 0.649. The molecule has 0 radical (unpaired) electrons. The number of piperazine rings is 1. The molecule has 2 N–H and O–H groups in total. The van der Waals surface area contributed by atoms with Crippen LogP contribution in [-0.4, -0.2) is 84.2 Å². The predicted octanol–water partition coefficient (Wildman–Crippen LogP) is 1.20. The van der Waals surface area contributed by atoms with E-state index in [4.69, 9.17) is 4.74 Å². The maximum absolute atomic E-state index is 12.3. The van der Waals surface area contributed by atoms with Crippen molar-refractivity contribution < 1.29 is 24.2 Å². The summed E-state index contributed by atoms with van der Waals surface area (Å²) in [4.78, 5) is 38.7. The fraction of sp³-hybridized carbons (Fsp3) is 0.833. The third-order valence-electron chi connectivity index (χ3n) is 4.68. The normalized spacial score (nSPS) is 20.5. The summed E-state index contributed by atoms with van der Waals surface area (Å²) in [5, 5.41) is 12.2. The summed E-state index contributed by atoms with van der Waals surface area (Å²) in [6.45, 7) is 11.3. The summed E-state index contributed by atoms with van der Waals surface area (Å²) in [5.41, 5.74) is -1.05. The van der Waals surface area contributed by atoms with Crippen LogP contribution in [0.15, 0.2) is 0 Å². The third kappa shape index (κ3) is 6.25. The number of carbonyl (C=O) groups excluding carboxylic acids is 2. The van der Waals surface area contributed by atoms with Gasteiger partial charge in [-0.15, -0.1) is 0 Å². The number of ether oxygens (including phenoxy) is 1. The largest absolute Gasteiger partial charge is 0.480 e. The lowest BCUT2D eigenvalue weighted by atomic mass is 9.81. The molecule has 150 valence electrons. The van der Waals surface area contributed by atoms with Gasteiger partial charge in [0.05, 0.1) is 0 Å². The van der Waals surface area contributed by atoms with Gasteiger partial charge in [0.15, 0.2) is 0 Å². The van der Waals surface area contributed by atoms with Crippen molar-refractivity contribution in [3.8, 4) is 0 Å². The number of hydrogen-bond donors (Lipinski definition) is 2. The highest BCUT2D eigenvalue weighted by atomic mass is 16.6. The van der Waals surface area contributed by atoms with Crippen LogP contribution in [-0.2, 0) is 14.3 Å². The second-order valence-corrected chi connectivity index (χ2v) is 8.48. The van der Waals surface area contributed by atoms with Crippen LogP contribution in [0.4, 0.5) is 4.79 Å². The Kier molecular flexibility index (Phi) is 7.58. The molecule has 1 aliphatic heterocycles. The number of carboxylic acid groups (broad SMARTS) is 1. The maximum atomic E-state index is 12.3. The Morgan fingerprint density at radius 2 is 1.88 bits per heavy atom. The van der Waals surface area contributed by atoms with E-state index < -0.39 is 35.2 Å². The van der Waals surface area contributed by atoms with Crippen LogP contribution >= 0.6 is 0 Å². The number of hydrogen-bond acceptors (Lipinski definition) is 6. The molecular weight excluding hydrogens is 338 g/mol. The minimum atomic E-state index is -0.877. The third-order valence-corrected chi connectivity index (χ3v) is 4.68. The van der Waals surface area contributed by atoms with Gasteiger partial charge in [-0.3, -0.25) is 14.6 Å². The van der Waals surface area contributed by atoms with Crippen molar-refractivity contribution in [3.63, 3.8) is 0 Å². The van der Waals surface area contributed by atoms with Crippen molar-refractivity contribution in [3.05, 3.63) is 0 Å². The number of amides is 1.